The molecule has 0 aromatic heterocycles. The lowest BCUT2D eigenvalue weighted by Gasteiger charge is -2.16. The van der Waals surface area contributed by atoms with Crippen molar-refractivity contribution in [2.45, 2.75) is 45.8 Å². The molecule has 0 aliphatic carbocycles. The van der Waals surface area contributed by atoms with E-state index in [4.69, 9.17) is 18.9 Å². The summed E-state index contributed by atoms with van der Waals surface area (Å²) >= 11 is 0. The normalized spacial score (nSPS) is 17.1. The molecule has 1 fully saturated rings. The molecule has 5 rings (SSSR count). The lowest BCUT2D eigenvalue weighted by atomic mass is 9.94. The summed E-state index contributed by atoms with van der Waals surface area (Å²) in [7, 11) is 0. The lowest BCUT2D eigenvalue weighted by Crippen LogP contribution is -2.16. The Morgan fingerprint density at radius 3 is 2.59 bits per heavy atom. The topological polar surface area (TPSA) is 36.9 Å². The number of aryl methyl sites for hydroxylation is 2. The second-order valence-corrected chi connectivity index (χ2v) is 8.74. The van der Waals surface area contributed by atoms with Crippen molar-refractivity contribution in [3.8, 4) is 28.4 Å². The fourth-order valence-corrected chi connectivity index (χ4v) is 4.65. The zero-order chi connectivity index (χ0) is 21.9. The highest BCUT2D eigenvalue weighted by Crippen LogP contribution is 2.33. The van der Waals surface area contributed by atoms with Gasteiger partial charge in [-0.15, -0.1) is 0 Å². The third kappa shape index (κ3) is 4.61. The van der Waals surface area contributed by atoms with E-state index in [-0.39, 0.29) is 6.10 Å². The first-order valence-corrected chi connectivity index (χ1v) is 11.5. The molecule has 0 spiro atoms. The van der Waals surface area contributed by atoms with Gasteiger partial charge in [0.05, 0.1) is 12.7 Å². The molecule has 3 aromatic carbocycles. The summed E-state index contributed by atoms with van der Waals surface area (Å²) in [5.41, 5.74) is 7.27. The molecule has 2 aliphatic rings. The molecule has 0 saturated carbocycles. The predicted molar refractivity (Wildman–Crippen MR) is 126 cm³/mol. The van der Waals surface area contributed by atoms with Gasteiger partial charge in [0.1, 0.15) is 30.5 Å². The summed E-state index contributed by atoms with van der Waals surface area (Å²) in [5.74, 6) is 2.71. The largest absolute Gasteiger partial charge is 0.493 e. The Labute approximate surface area is 190 Å². The van der Waals surface area contributed by atoms with Gasteiger partial charge in [0.25, 0.3) is 0 Å². The minimum atomic E-state index is 0.226. The Bertz CT molecular complexity index is 1080. The summed E-state index contributed by atoms with van der Waals surface area (Å²) in [4.78, 5) is 0. The van der Waals surface area contributed by atoms with E-state index in [0.29, 0.717) is 13.2 Å². The van der Waals surface area contributed by atoms with Crippen LogP contribution in [0.2, 0.25) is 0 Å². The Kier molecular flexibility index (Phi) is 6.04. The van der Waals surface area contributed by atoms with E-state index in [0.717, 1.165) is 55.3 Å². The molecule has 0 bridgehead atoms. The maximum absolute atomic E-state index is 6.06. The molecule has 0 amide bonds. The van der Waals surface area contributed by atoms with Crippen LogP contribution in [0.25, 0.3) is 11.1 Å². The zero-order valence-electron chi connectivity index (χ0n) is 18.9. The van der Waals surface area contributed by atoms with Crippen molar-refractivity contribution in [2.75, 3.05) is 19.8 Å². The van der Waals surface area contributed by atoms with Gasteiger partial charge in [-0.25, -0.2) is 0 Å². The highest BCUT2D eigenvalue weighted by molar-refractivity contribution is 5.72. The molecule has 3 aromatic rings. The van der Waals surface area contributed by atoms with Crippen molar-refractivity contribution in [3.63, 3.8) is 0 Å². The lowest BCUT2D eigenvalue weighted by molar-refractivity contribution is 0.0679. The van der Waals surface area contributed by atoms with Gasteiger partial charge in [-0.05, 0) is 84.3 Å². The van der Waals surface area contributed by atoms with Gasteiger partial charge in [0.15, 0.2) is 0 Å². The van der Waals surface area contributed by atoms with Gasteiger partial charge in [0, 0.05) is 19.1 Å². The van der Waals surface area contributed by atoms with E-state index in [1.165, 1.54) is 27.8 Å². The van der Waals surface area contributed by atoms with Crippen LogP contribution >= 0.6 is 0 Å². The molecule has 1 unspecified atom stereocenters. The van der Waals surface area contributed by atoms with Crippen LogP contribution in [0.3, 0.4) is 0 Å². The van der Waals surface area contributed by atoms with Crippen LogP contribution in [-0.2, 0) is 17.8 Å². The first-order chi connectivity index (χ1) is 15.7. The Morgan fingerprint density at radius 2 is 1.78 bits per heavy atom. The van der Waals surface area contributed by atoms with E-state index >= 15 is 0 Å². The molecule has 0 radical (unpaired) electrons. The Hall–Kier alpha value is -2.98. The summed E-state index contributed by atoms with van der Waals surface area (Å²) in [6.45, 7) is 7.05. The SMILES string of the molecule is Cc1cc(OCC2CCCO2)cc(C)c1-c1cccc(COc2ccc3c(c2)OCC3)c1. The second-order valence-electron chi connectivity index (χ2n) is 8.74. The summed E-state index contributed by atoms with van der Waals surface area (Å²) in [6.07, 6.45) is 3.42. The van der Waals surface area contributed by atoms with E-state index in [9.17, 15) is 0 Å². The van der Waals surface area contributed by atoms with Crippen molar-refractivity contribution in [1.82, 2.24) is 0 Å². The monoisotopic (exact) mass is 430 g/mol. The Balaban J connectivity index is 1.29. The molecule has 1 atom stereocenters. The van der Waals surface area contributed by atoms with Crippen molar-refractivity contribution >= 4 is 0 Å². The van der Waals surface area contributed by atoms with E-state index in [1.54, 1.807) is 0 Å². The van der Waals surface area contributed by atoms with Gasteiger partial charge in [-0.1, -0.05) is 24.3 Å². The van der Waals surface area contributed by atoms with Crippen LogP contribution in [0.1, 0.15) is 35.1 Å². The number of hydrogen-bond donors (Lipinski definition) is 0. The fraction of sp³-hybridized carbons (Fsp3) is 0.357. The smallest absolute Gasteiger partial charge is 0.126 e. The molecule has 0 N–H and O–H groups in total. The molecular formula is C28H30O4. The first kappa shape index (κ1) is 20.9. The fourth-order valence-electron chi connectivity index (χ4n) is 4.65. The molecule has 2 aliphatic heterocycles. The van der Waals surface area contributed by atoms with Crippen molar-refractivity contribution in [3.05, 3.63) is 76.9 Å². The van der Waals surface area contributed by atoms with Crippen LogP contribution in [0.5, 0.6) is 17.2 Å². The molecule has 4 nitrogen and oxygen atoms in total. The molecule has 1 saturated heterocycles. The second kappa shape index (κ2) is 9.25. The molecular weight excluding hydrogens is 400 g/mol. The summed E-state index contributed by atoms with van der Waals surface area (Å²) < 4.78 is 23.4. The summed E-state index contributed by atoms with van der Waals surface area (Å²) in [6, 6.07) is 19.0. The number of benzene rings is 3. The third-order valence-electron chi connectivity index (χ3n) is 6.25. The van der Waals surface area contributed by atoms with Crippen molar-refractivity contribution < 1.29 is 18.9 Å². The minimum Gasteiger partial charge on any atom is -0.493 e. The summed E-state index contributed by atoms with van der Waals surface area (Å²) in [5, 5.41) is 0. The minimum absolute atomic E-state index is 0.226. The number of fused-ring (bicyclic) bond motifs is 1. The van der Waals surface area contributed by atoms with Gasteiger partial charge in [-0.2, -0.15) is 0 Å². The molecule has 166 valence electrons. The molecule has 4 heteroatoms. The standard InChI is InChI=1S/C28H30O4/c1-19-13-26(32-18-25-7-4-11-29-25)14-20(2)28(19)23-6-3-5-21(15-23)17-31-24-9-8-22-10-12-30-27(22)16-24/h3,5-6,8-9,13-16,25H,4,7,10-12,17-18H2,1-2H3. The van der Waals surface area contributed by atoms with Crippen LogP contribution in [0, 0.1) is 13.8 Å². The van der Waals surface area contributed by atoms with Crippen LogP contribution in [-0.4, -0.2) is 25.9 Å². The van der Waals surface area contributed by atoms with Gasteiger partial charge in [-0.3, -0.25) is 0 Å². The van der Waals surface area contributed by atoms with E-state index < -0.39 is 0 Å². The average molecular weight is 431 g/mol. The van der Waals surface area contributed by atoms with Gasteiger partial charge in [0.2, 0.25) is 0 Å². The Morgan fingerprint density at radius 1 is 0.906 bits per heavy atom. The molecule has 2 heterocycles. The van der Waals surface area contributed by atoms with Crippen molar-refractivity contribution in [1.29, 1.82) is 0 Å². The first-order valence-electron chi connectivity index (χ1n) is 11.5. The zero-order valence-corrected chi connectivity index (χ0v) is 18.9. The maximum atomic E-state index is 6.06. The van der Waals surface area contributed by atoms with Crippen molar-refractivity contribution in [2.24, 2.45) is 0 Å². The average Bonchev–Trinajstić information content (AvgIpc) is 3.48. The van der Waals surface area contributed by atoms with Gasteiger partial charge < -0.3 is 18.9 Å². The van der Waals surface area contributed by atoms with E-state index in [1.807, 2.05) is 12.1 Å². The van der Waals surface area contributed by atoms with Crippen LogP contribution < -0.4 is 14.2 Å². The quantitative estimate of drug-likeness (QED) is 0.458. The highest BCUT2D eigenvalue weighted by atomic mass is 16.5. The predicted octanol–water partition coefficient (Wildman–Crippen LogP) is 6.04. The van der Waals surface area contributed by atoms with Crippen LogP contribution in [0.15, 0.2) is 54.6 Å². The molecule has 32 heavy (non-hydrogen) atoms. The number of ether oxygens (including phenoxy) is 4. The third-order valence-corrected chi connectivity index (χ3v) is 6.25. The van der Waals surface area contributed by atoms with Crippen LogP contribution in [0.4, 0.5) is 0 Å². The maximum Gasteiger partial charge on any atom is 0.126 e. The van der Waals surface area contributed by atoms with Gasteiger partial charge >= 0.3 is 0 Å². The number of rotatable bonds is 7. The van der Waals surface area contributed by atoms with E-state index in [2.05, 4.69) is 56.3 Å². The highest BCUT2D eigenvalue weighted by Gasteiger charge is 2.17. The number of hydrogen-bond acceptors (Lipinski definition) is 4.